The number of unbranched alkanes of at least 4 members (excludes halogenated alkanes) is 1. The summed E-state index contributed by atoms with van der Waals surface area (Å²) in [6.45, 7) is 3.43. The number of oxime groups is 1. The Labute approximate surface area is 60.7 Å². The van der Waals surface area contributed by atoms with Gasteiger partial charge in [0.2, 0.25) is 0 Å². The predicted octanol–water partition coefficient (Wildman–Crippen LogP) is 1.60. The average Bonchev–Trinajstić information content (AvgIpc) is 1.89. The Kier molecular flexibility index (Phi) is 4.54. The first-order valence-electron chi connectivity index (χ1n) is 3.44. The minimum atomic E-state index is -0.143. The van der Waals surface area contributed by atoms with Crippen molar-refractivity contribution < 1.29 is 10.0 Å². The van der Waals surface area contributed by atoms with Crippen molar-refractivity contribution in [3.63, 3.8) is 0 Å². The molecule has 0 radical (unpaired) electrons. The van der Waals surface area contributed by atoms with Crippen LogP contribution in [0.15, 0.2) is 5.16 Å². The quantitative estimate of drug-likeness (QED) is 0.369. The van der Waals surface area contributed by atoms with Gasteiger partial charge in [-0.25, -0.2) is 0 Å². The zero-order valence-electron chi connectivity index (χ0n) is 6.42. The summed E-state index contributed by atoms with van der Waals surface area (Å²) < 4.78 is 0. The second-order valence-electron chi connectivity index (χ2n) is 2.21. The first-order chi connectivity index (χ1) is 4.72. The molecule has 0 atom stereocenters. The van der Waals surface area contributed by atoms with Crippen LogP contribution in [0.4, 0.5) is 0 Å². The average molecular weight is 143 g/mol. The lowest BCUT2D eigenvalue weighted by Crippen LogP contribution is -2.09. The molecule has 0 unspecified atom stereocenters. The van der Waals surface area contributed by atoms with E-state index in [0.717, 1.165) is 12.8 Å². The Morgan fingerprint density at radius 2 is 2.20 bits per heavy atom. The van der Waals surface area contributed by atoms with Crippen LogP contribution < -0.4 is 0 Å². The van der Waals surface area contributed by atoms with E-state index in [4.69, 9.17) is 5.21 Å². The topological polar surface area (TPSA) is 49.7 Å². The molecule has 58 valence electrons. The SMILES string of the molecule is CCCC/C(=N\O)C(C)=O. The van der Waals surface area contributed by atoms with Crippen molar-refractivity contribution in [1.82, 2.24) is 0 Å². The number of Topliss-reactive ketones (excluding diaryl/α,β-unsaturated/α-hetero) is 1. The molecule has 0 fully saturated rings. The van der Waals surface area contributed by atoms with Gasteiger partial charge in [0.1, 0.15) is 5.71 Å². The van der Waals surface area contributed by atoms with Crippen LogP contribution in [-0.4, -0.2) is 16.7 Å². The summed E-state index contributed by atoms with van der Waals surface area (Å²) >= 11 is 0. The molecule has 0 aliphatic rings. The van der Waals surface area contributed by atoms with Crippen LogP contribution in [0, 0.1) is 0 Å². The molecular weight excluding hydrogens is 130 g/mol. The molecule has 0 rings (SSSR count). The van der Waals surface area contributed by atoms with Crippen molar-refractivity contribution in [3.8, 4) is 0 Å². The van der Waals surface area contributed by atoms with Gasteiger partial charge in [0, 0.05) is 6.92 Å². The highest BCUT2D eigenvalue weighted by atomic mass is 16.4. The van der Waals surface area contributed by atoms with Crippen LogP contribution in [-0.2, 0) is 4.79 Å². The van der Waals surface area contributed by atoms with Crippen LogP contribution in [0.1, 0.15) is 33.1 Å². The van der Waals surface area contributed by atoms with Crippen molar-refractivity contribution in [3.05, 3.63) is 0 Å². The fourth-order valence-corrected chi connectivity index (χ4v) is 0.641. The third-order valence-corrected chi connectivity index (χ3v) is 1.29. The van der Waals surface area contributed by atoms with Crippen molar-refractivity contribution in [2.75, 3.05) is 0 Å². The van der Waals surface area contributed by atoms with E-state index in [1.165, 1.54) is 6.92 Å². The largest absolute Gasteiger partial charge is 0.411 e. The van der Waals surface area contributed by atoms with Crippen molar-refractivity contribution in [2.45, 2.75) is 33.1 Å². The minimum Gasteiger partial charge on any atom is -0.411 e. The molecule has 0 aliphatic carbocycles. The Morgan fingerprint density at radius 3 is 2.50 bits per heavy atom. The second-order valence-corrected chi connectivity index (χ2v) is 2.21. The summed E-state index contributed by atoms with van der Waals surface area (Å²) in [6, 6.07) is 0. The lowest BCUT2D eigenvalue weighted by atomic mass is 10.1. The maximum atomic E-state index is 10.6. The summed E-state index contributed by atoms with van der Waals surface area (Å²) in [7, 11) is 0. The monoisotopic (exact) mass is 143 g/mol. The number of nitrogens with zero attached hydrogens (tertiary/aromatic N) is 1. The standard InChI is InChI=1S/C7H13NO2/c1-3-4-5-7(8-10)6(2)9/h10H,3-5H2,1-2H3/b8-7+. The van der Waals surface area contributed by atoms with E-state index < -0.39 is 0 Å². The zero-order chi connectivity index (χ0) is 7.98. The predicted molar refractivity (Wildman–Crippen MR) is 39.4 cm³/mol. The Bertz CT molecular complexity index is 141. The van der Waals surface area contributed by atoms with E-state index in [9.17, 15) is 4.79 Å². The van der Waals surface area contributed by atoms with Crippen LogP contribution in [0.2, 0.25) is 0 Å². The molecular formula is C7H13NO2. The van der Waals surface area contributed by atoms with Crippen LogP contribution in [0.3, 0.4) is 0 Å². The molecule has 3 nitrogen and oxygen atoms in total. The van der Waals surface area contributed by atoms with E-state index in [1.807, 2.05) is 6.92 Å². The highest BCUT2D eigenvalue weighted by Crippen LogP contribution is 1.97. The van der Waals surface area contributed by atoms with Gasteiger partial charge in [0.15, 0.2) is 5.78 Å². The fraction of sp³-hybridized carbons (Fsp3) is 0.714. The smallest absolute Gasteiger partial charge is 0.177 e. The number of hydrogen-bond donors (Lipinski definition) is 1. The molecule has 0 amide bonds. The van der Waals surface area contributed by atoms with E-state index >= 15 is 0 Å². The van der Waals surface area contributed by atoms with Crippen molar-refractivity contribution >= 4 is 11.5 Å². The zero-order valence-corrected chi connectivity index (χ0v) is 6.42. The van der Waals surface area contributed by atoms with Crippen molar-refractivity contribution in [2.24, 2.45) is 5.16 Å². The van der Waals surface area contributed by atoms with Crippen molar-refractivity contribution in [1.29, 1.82) is 0 Å². The molecule has 0 saturated carbocycles. The molecule has 0 saturated heterocycles. The highest BCUT2D eigenvalue weighted by molar-refractivity contribution is 6.38. The van der Waals surface area contributed by atoms with E-state index in [0.29, 0.717) is 6.42 Å². The Hall–Kier alpha value is -0.860. The van der Waals surface area contributed by atoms with Gasteiger partial charge in [-0.2, -0.15) is 0 Å². The number of rotatable bonds is 4. The van der Waals surface area contributed by atoms with Gasteiger partial charge in [-0.1, -0.05) is 18.5 Å². The Balaban J connectivity index is 3.74. The number of hydrogen-bond acceptors (Lipinski definition) is 3. The van der Waals surface area contributed by atoms with Crippen LogP contribution in [0.25, 0.3) is 0 Å². The summed E-state index contributed by atoms with van der Waals surface area (Å²) in [5.41, 5.74) is 0.279. The molecule has 1 N–H and O–H groups in total. The lowest BCUT2D eigenvalue weighted by Gasteiger charge is -1.95. The van der Waals surface area contributed by atoms with Crippen LogP contribution >= 0.6 is 0 Å². The van der Waals surface area contributed by atoms with E-state index in [-0.39, 0.29) is 11.5 Å². The highest BCUT2D eigenvalue weighted by Gasteiger charge is 2.03. The number of carbonyl (C=O) groups is 1. The summed E-state index contributed by atoms with van der Waals surface area (Å²) in [5.74, 6) is -0.143. The summed E-state index contributed by atoms with van der Waals surface area (Å²) in [5, 5.41) is 11.2. The maximum Gasteiger partial charge on any atom is 0.177 e. The molecule has 3 heteroatoms. The third kappa shape index (κ3) is 3.22. The van der Waals surface area contributed by atoms with Crippen LogP contribution in [0.5, 0.6) is 0 Å². The van der Waals surface area contributed by atoms with E-state index in [2.05, 4.69) is 5.16 Å². The molecule has 0 spiro atoms. The first-order valence-corrected chi connectivity index (χ1v) is 3.44. The van der Waals surface area contributed by atoms with Gasteiger partial charge in [0.05, 0.1) is 0 Å². The molecule has 0 aromatic rings. The Morgan fingerprint density at radius 1 is 1.60 bits per heavy atom. The minimum absolute atomic E-state index is 0.143. The molecule has 0 aromatic heterocycles. The van der Waals surface area contributed by atoms with Gasteiger partial charge < -0.3 is 5.21 Å². The molecule has 0 aromatic carbocycles. The number of carbonyl (C=O) groups excluding carboxylic acids is 1. The molecule has 0 bridgehead atoms. The van der Waals surface area contributed by atoms with Gasteiger partial charge >= 0.3 is 0 Å². The van der Waals surface area contributed by atoms with Gasteiger partial charge in [-0.3, -0.25) is 4.79 Å². The summed E-state index contributed by atoms with van der Waals surface area (Å²) in [6.07, 6.45) is 2.49. The first kappa shape index (κ1) is 9.14. The summed E-state index contributed by atoms with van der Waals surface area (Å²) in [4.78, 5) is 10.6. The van der Waals surface area contributed by atoms with Gasteiger partial charge in [-0.05, 0) is 12.8 Å². The third-order valence-electron chi connectivity index (χ3n) is 1.29. The van der Waals surface area contributed by atoms with Gasteiger partial charge in [-0.15, -0.1) is 0 Å². The fourth-order valence-electron chi connectivity index (χ4n) is 0.641. The molecule has 0 heterocycles. The van der Waals surface area contributed by atoms with Gasteiger partial charge in [0.25, 0.3) is 0 Å². The molecule has 0 aliphatic heterocycles. The van der Waals surface area contributed by atoms with E-state index in [1.54, 1.807) is 0 Å². The lowest BCUT2D eigenvalue weighted by molar-refractivity contribution is -0.111. The number of ketones is 1. The second kappa shape index (κ2) is 4.97. The molecule has 10 heavy (non-hydrogen) atoms. The normalized spacial score (nSPS) is 11.6. The maximum absolute atomic E-state index is 10.6.